The molecule has 5 heteroatoms. The first kappa shape index (κ1) is 51.1. The van der Waals surface area contributed by atoms with E-state index in [-0.39, 0.29) is 4.90 Å². The standard InChI is InChI=1S/C49H93NO3S/c1-4-7-10-13-16-19-22-25-28-31-34-37-43-50(47-48-41-40-42-49(46-48)54(51,52)53,44-38-35-32-29-26-23-20-17-14-11-8-5-2)45-39-36-33-30-27-24-21-18-15-12-9-6-3/h40-42,46H,4-39,43-45,47H2,1-3H3. The molecular weight excluding hydrogens is 683 g/mol. The van der Waals surface area contributed by atoms with Gasteiger partial charge < -0.3 is 9.04 Å². The van der Waals surface area contributed by atoms with E-state index in [4.69, 9.17) is 0 Å². The zero-order chi connectivity index (χ0) is 39.3. The van der Waals surface area contributed by atoms with Gasteiger partial charge in [0.1, 0.15) is 16.7 Å². The maximum absolute atomic E-state index is 12.0. The van der Waals surface area contributed by atoms with Crippen molar-refractivity contribution in [3.8, 4) is 0 Å². The molecule has 0 N–H and O–H groups in total. The van der Waals surface area contributed by atoms with Gasteiger partial charge in [0.2, 0.25) is 0 Å². The lowest BCUT2D eigenvalue weighted by Crippen LogP contribution is -2.49. The minimum absolute atomic E-state index is 0.0702. The van der Waals surface area contributed by atoms with Crippen LogP contribution in [0.25, 0.3) is 0 Å². The lowest BCUT2D eigenvalue weighted by atomic mass is 10.0. The summed E-state index contributed by atoms with van der Waals surface area (Å²) in [6.45, 7) is 11.2. The van der Waals surface area contributed by atoms with Crippen molar-refractivity contribution in [1.82, 2.24) is 0 Å². The maximum Gasteiger partial charge on any atom is 0.124 e. The monoisotopic (exact) mass is 776 g/mol. The predicted octanol–water partition coefficient (Wildman–Crippen LogP) is 16.0. The van der Waals surface area contributed by atoms with E-state index >= 15 is 0 Å². The summed E-state index contributed by atoms with van der Waals surface area (Å²) in [6, 6.07) is 7.00. The number of benzene rings is 1. The van der Waals surface area contributed by atoms with Crippen molar-refractivity contribution in [3.63, 3.8) is 0 Å². The molecule has 0 aliphatic rings. The highest BCUT2D eigenvalue weighted by atomic mass is 32.2. The molecule has 1 aromatic rings. The van der Waals surface area contributed by atoms with Crippen LogP contribution < -0.4 is 0 Å². The van der Waals surface area contributed by atoms with E-state index in [1.54, 1.807) is 12.1 Å². The zero-order valence-electron chi connectivity index (χ0n) is 36.7. The Balaban J connectivity index is 2.75. The van der Waals surface area contributed by atoms with Crippen LogP contribution in [0.2, 0.25) is 0 Å². The number of hydrogen-bond donors (Lipinski definition) is 0. The normalized spacial score (nSPS) is 12.2. The zero-order valence-corrected chi connectivity index (χ0v) is 37.5. The maximum atomic E-state index is 12.0. The molecule has 0 heterocycles. The Morgan fingerprint density at radius 1 is 0.407 bits per heavy atom. The average molecular weight is 776 g/mol. The Morgan fingerprint density at radius 2 is 0.667 bits per heavy atom. The fourth-order valence-electron chi connectivity index (χ4n) is 8.62. The highest BCUT2D eigenvalue weighted by Crippen LogP contribution is 2.24. The molecule has 0 aliphatic carbocycles. The van der Waals surface area contributed by atoms with Crippen LogP contribution in [-0.4, -0.2) is 37.1 Å². The van der Waals surface area contributed by atoms with E-state index in [1.165, 1.54) is 257 Å². The predicted molar refractivity (Wildman–Crippen MR) is 236 cm³/mol. The van der Waals surface area contributed by atoms with Crippen LogP contribution in [0, 0.1) is 0 Å². The van der Waals surface area contributed by atoms with Gasteiger partial charge in [-0.05, 0) is 50.7 Å². The van der Waals surface area contributed by atoms with Gasteiger partial charge in [-0.1, -0.05) is 226 Å². The highest BCUT2D eigenvalue weighted by molar-refractivity contribution is 7.85. The summed E-state index contributed by atoms with van der Waals surface area (Å²) < 4.78 is 37.0. The van der Waals surface area contributed by atoms with Gasteiger partial charge in [0.05, 0.1) is 24.5 Å². The van der Waals surface area contributed by atoms with E-state index < -0.39 is 10.1 Å². The highest BCUT2D eigenvalue weighted by Gasteiger charge is 2.27. The van der Waals surface area contributed by atoms with Crippen LogP contribution in [-0.2, 0) is 16.7 Å². The molecule has 0 aromatic heterocycles. The molecule has 0 saturated heterocycles. The minimum atomic E-state index is -4.46. The summed E-state index contributed by atoms with van der Waals surface area (Å²) in [5.41, 5.74) is 1.02. The van der Waals surface area contributed by atoms with E-state index in [2.05, 4.69) is 26.8 Å². The minimum Gasteiger partial charge on any atom is -0.744 e. The van der Waals surface area contributed by atoms with Crippen LogP contribution in [0.5, 0.6) is 0 Å². The molecule has 0 atom stereocenters. The third kappa shape index (κ3) is 30.3. The SMILES string of the molecule is CCCCCCCCCCCCCC[N+](CCCCCCCCCCCCCC)(CCCCCCCCCCCCCC)Cc1cccc(S(=O)(=O)[O-])c1. The Bertz CT molecular complexity index is 972. The molecule has 0 amide bonds. The Labute approximate surface area is 339 Å². The molecule has 0 aliphatic heterocycles. The first-order valence-electron chi connectivity index (χ1n) is 24.3. The summed E-state index contributed by atoms with van der Waals surface area (Å²) in [6.07, 6.45) is 49.0. The lowest BCUT2D eigenvalue weighted by molar-refractivity contribution is -0.941. The number of hydrogen-bond acceptors (Lipinski definition) is 3. The van der Waals surface area contributed by atoms with E-state index in [1.807, 2.05) is 0 Å². The number of quaternary nitrogens is 1. The van der Waals surface area contributed by atoms with Crippen LogP contribution >= 0.6 is 0 Å². The fraction of sp³-hybridized carbons (Fsp3) is 0.878. The molecule has 318 valence electrons. The van der Waals surface area contributed by atoms with Gasteiger partial charge in [0.25, 0.3) is 0 Å². The van der Waals surface area contributed by atoms with E-state index in [0.717, 1.165) is 16.6 Å². The Hall–Kier alpha value is -0.910. The topological polar surface area (TPSA) is 57.2 Å². The lowest BCUT2D eigenvalue weighted by Gasteiger charge is -2.40. The van der Waals surface area contributed by atoms with Crippen molar-refractivity contribution in [2.45, 2.75) is 263 Å². The van der Waals surface area contributed by atoms with Gasteiger partial charge in [0.15, 0.2) is 0 Å². The molecule has 0 fully saturated rings. The fourth-order valence-corrected chi connectivity index (χ4v) is 9.16. The first-order chi connectivity index (χ1) is 26.4. The second-order valence-electron chi connectivity index (χ2n) is 17.4. The van der Waals surface area contributed by atoms with Crippen LogP contribution in [0.1, 0.15) is 257 Å². The van der Waals surface area contributed by atoms with Crippen LogP contribution in [0.15, 0.2) is 29.2 Å². The van der Waals surface area contributed by atoms with Crippen LogP contribution in [0.3, 0.4) is 0 Å². The quantitative estimate of drug-likeness (QED) is 0.0377. The van der Waals surface area contributed by atoms with Crippen molar-refractivity contribution in [1.29, 1.82) is 0 Å². The van der Waals surface area contributed by atoms with Gasteiger partial charge >= 0.3 is 0 Å². The Morgan fingerprint density at radius 3 is 0.926 bits per heavy atom. The molecule has 0 bridgehead atoms. The first-order valence-corrected chi connectivity index (χ1v) is 25.7. The van der Waals surface area contributed by atoms with Crippen molar-refractivity contribution >= 4 is 10.1 Å². The smallest absolute Gasteiger partial charge is 0.124 e. The van der Waals surface area contributed by atoms with Crippen molar-refractivity contribution in [2.75, 3.05) is 19.6 Å². The largest absolute Gasteiger partial charge is 0.744 e. The molecule has 1 rings (SSSR count). The van der Waals surface area contributed by atoms with Crippen molar-refractivity contribution < 1.29 is 17.5 Å². The summed E-state index contributed by atoms with van der Waals surface area (Å²) in [5, 5.41) is 0. The van der Waals surface area contributed by atoms with Crippen molar-refractivity contribution in [2.24, 2.45) is 0 Å². The van der Waals surface area contributed by atoms with Gasteiger partial charge in [0, 0.05) is 5.56 Å². The second-order valence-corrected chi connectivity index (χ2v) is 18.8. The van der Waals surface area contributed by atoms with Gasteiger partial charge in [-0.3, -0.25) is 0 Å². The summed E-state index contributed by atoms with van der Waals surface area (Å²) in [7, 11) is -4.46. The average Bonchev–Trinajstić information content (AvgIpc) is 3.16. The molecule has 1 aromatic carbocycles. The molecule has 0 unspecified atom stereocenters. The van der Waals surface area contributed by atoms with Gasteiger partial charge in [-0.2, -0.15) is 0 Å². The summed E-state index contributed by atoms with van der Waals surface area (Å²) in [5.74, 6) is 0. The van der Waals surface area contributed by atoms with Gasteiger partial charge in [-0.15, -0.1) is 0 Å². The number of nitrogens with zero attached hydrogens (tertiary/aromatic N) is 1. The molecule has 4 nitrogen and oxygen atoms in total. The number of unbranched alkanes of at least 4 members (excludes halogenated alkanes) is 33. The Kier molecular flexibility index (Phi) is 34.5. The van der Waals surface area contributed by atoms with Crippen molar-refractivity contribution in [3.05, 3.63) is 29.8 Å². The molecule has 54 heavy (non-hydrogen) atoms. The molecule has 0 spiro atoms. The molecule has 0 radical (unpaired) electrons. The molecule has 0 saturated carbocycles. The van der Waals surface area contributed by atoms with E-state index in [0.29, 0.717) is 0 Å². The second kappa shape index (κ2) is 36.4. The third-order valence-electron chi connectivity index (χ3n) is 12.2. The summed E-state index contributed by atoms with van der Waals surface area (Å²) >= 11 is 0. The van der Waals surface area contributed by atoms with Gasteiger partial charge in [-0.25, -0.2) is 8.42 Å². The third-order valence-corrected chi connectivity index (χ3v) is 13.0. The van der Waals surface area contributed by atoms with Crippen LogP contribution in [0.4, 0.5) is 0 Å². The molecular formula is C49H93NO3S. The van der Waals surface area contributed by atoms with E-state index in [9.17, 15) is 13.0 Å². The number of rotatable bonds is 42. The summed E-state index contributed by atoms with van der Waals surface area (Å²) in [4.78, 5) is -0.0702.